The maximum absolute atomic E-state index is 12.2. The molecule has 5 heteroatoms. The molecular weight excluding hydrogens is 272 g/mol. The number of pyridine rings is 1. The highest BCUT2D eigenvalue weighted by molar-refractivity contribution is 9.10. The van der Waals surface area contributed by atoms with Crippen molar-refractivity contribution in [2.75, 3.05) is 13.2 Å². The zero-order valence-corrected chi connectivity index (χ0v) is 10.8. The van der Waals surface area contributed by atoms with Gasteiger partial charge in [-0.3, -0.25) is 4.79 Å². The minimum absolute atomic E-state index is 0.0173. The van der Waals surface area contributed by atoms with Crippen molar-refractivity contribution in [2.24, 2.45) is 0 Å². The van der Waals surface area contributed by atoms with E-state index in [1.54, 1.807) is 17.2 Å². The van der Waals surface area contributed by atoms with Crippen LogP contribution in [0.15, 0.2) is 16.7 Å². The van der Waals surface area contributed by atoms with Crippen molar-refractivity contribution in [2.45, 2.75) is 19.9 Å². The Morgan fingerprint density at radius 3 is 3.00 bits per heavy atom. The Morgan fingerprint density at radius 2 is 2.31 bits per heavy atom. The van der Waals surface area contributed by atoms with Crippen LogP contribution in [0.3, 0.4) is 0 Å². The molecule has 86 valence electrons. The number of carbonyl (C=O) groups is 1. The molecule has 0 saturated carbocycles. The second-order valence-electron chi connectivity index (χ2n) is 3.95. The second kappa shape index (κ2) is 4.41. The third-order valence-electron chi connectivity index (χ3n) is 2.50. The van der Waals surface area contributed by atoms with Gasteiger partial charge in [-0.2, -0.15) is 0 Å². The summed E-state index contributed by atoms with van der Waals surface area (Å²) < 4.78 is 6.25. The van der Waals surface area contributed by atoms with Gasteiger partial charge in [-0.05, 0) is 35.8 Å². The summed E-state index contributed by atoms with van der Waals surface area (Å²) in [4.78, 5) is 18.1. The number of ether oxygens (including phenoxy) is 1. The largest absolute Gasteiger partial charge is 0.475 e. The van der Waals surface area contributed by atoms with Crippen LogP contribution in [0.4, 0.5) is 0 Å². The fourth-order valence-corrected chi connectivity index (χ4v) is 2.02. The minimum Gasteiger partial charge on any atom is -0.475 e. The molecule has 1 amide bonds. The molecule has 1 aromatic heterocycles. The van der Waals surface area contributed by atoms with Crippen LogP contribution >= 0.6 is 15.9 Å². The average molecular weight is 285 g/mol. The molecule has 16 heavy (non-hydrogen) atoms. The Labute approximate surface area is 103 Å². The maximum atomic E-state index is 12.2. The van der Waals surface area contributed by atoms with E-state index >= 15 is 0 Å². The first-order chi connectivity index (χ1) is 7.59. The Bertz CT molecular complexity index is 420. The highest BCUT2D eigenvalue weighted by Gasteiger charge is 2.26. The monoisotopic (exact) mass is 284 g/mol. The number of carbonyl (C=O) groups excluding carboxylic acids is 1. The molecule has 0 N–H and O–H groups in total. The topological polar surface area (TPSA) is 42.4 Å². The van der Waals surface area contributed by atoms with Gasteiger partial charge < -0.3 is 9.64 Å². The summed E-state index contributed by atoms with van der Waals surface area (Å²) >= 11 is 3.31. The number of amides is 1. The van der Waals surface area contributed by atoms with E-state index in [1.807, 2.05) is 13.8 Å². The molecular formula is C11H13BrN2O2. The van der Waals surface area contributed by atoms with Crippen molar-refractivity contribution in [3.05, 3.63) is 22.3 Å². The van der Waals surface area contributed by atoms with Crippen LogP contribution in [0.2, 0.25) is 0 Å². The van der Waals surface area contributed by atoms with Crippen molar-refractivity contribution < 1.29 is 9.53 Å². The lowest BCUT2D eigenvalue weighted by atomic mass is 10.2. The summed E-state index contributed by atoms with van der Waals surface area (Å²) in [5.41, 5.74) is 0.528. The number of hydrogen-bond acceptors (Lipinski definition) is 3. The first-order valence-corrected chi connectivity index (χ1v) is 5.98. The summed E-state index contributed by atoms with van der Waals surface area (Å²) in [5.74, 6) is 0.410. The van der Waals surface area contributed by atoms with Gasteiger partial charge >= 0.3 is 0 Å². The molecule has 1 aromatic rings. The summed E-state index contributed by atoms with van der Waals surface area (Å²) in [6.45, 7) is 5.08. The fraction of sp³-hybridized carbons (Fsp3) is 0.455. The molecule has 0 spiro atoms. The minimum atomic E-state index is -0.0173. The van der Waals surface area contributed by atoms with Gasteiger partial charge in [0.2, 0.25) is 5.88 Å². The van der Waals surface area contributed by atoms with Crippen LogP contribution in [0.25, 0.3) is 0 Å². The molecule has 0 aromatic carbocycles. The first kappa shape index (κ1) is 11.4. The van der Waals surface area contributed by atoms with Crippen LogP contribution in [0, 0.1) is 0 Å². The summed E-state index contributed by atoms with van der Waals surface area (Å²) in [5, 5.41) is 0. The van der Waals surface area contributed by atoms with Crippen molar-refractivity contribution >= 4 is 21.8 Å². The van der Waals surface area contributed by atoms with Gasteiger partial charge in [0.1, 0.15) is 12.2 Å². The highest BCUT2D eigenvalue weighted by Crippen LogP contribution is 2.24. The Morgan fingerprint density at radius 1 is 1.56 bits per heavy atom. The molecule has 0 aliphatic carbocycles. The van der Waals surface area contributed by atoms with Crippen molar-refractivity contribution in [3.8, 4) is 5.88 Å². The van der Waals surface area contributed by atoms with E-state index in [1.165, 1.54) is 0 Å². The lowest BCUT2D eigenvalue weighted by Crippen LogP contribution is -2.38. The van der Waals surface area contributed by atoms with E-state index in [2.05, 4.69) is 20.9 Å². The molecule has 0 fully saturated rings. The van der Waals surface area contributed by atoms with E-state index in [0.717, 1.165) is 4.47 Å². The summed E-state index contributed by atoms with van der Waals surface area (Å²) in [6.07, 6.45) is 1.64. The highest BCUT2D eigenvalue weighted by atomic mass is 79.9. The molecule has 0 bridgehead atoms. The van der Waals surface area contributed by atoms with Crippen LogP contribution < -0.4 is 4.74 Å². The zero-order valence-electron chi connectivity index (χ0n) is 9.24. The number of rotatable bonds is 1. The van der Waals surface area contributed by atoms with Gasteiger partial charge in [0.05, 0.1) is 6.54 Å². The number of halogens is 1. The number of aromatic nitrogens is 1. The van der Waals surface area contributed by atoms with E-state index in [0.29, 0.717) is 24.6 Å². The van der Waals surface area contributed by atoms with Gasteiger partial charge in [0.15, 0.2) is 0 Å². The number of fused-ring (bicyclic) bond motifs is 1. The van der Waals surface area contributed by atoms with E-state index in [-0.39, 0.29) is 11.9 Å². The van der Waals surface area contributed by atoms with Crippen LogP contribution in [-0.2, 0) is 0 Å². The SMILES string of the molecule is CC(C)N1CCOc2ncc(Br)cc2C1=O. The Hall–Kier alpha value is -1.10. The van der Waals surface area contributed by atoms with Gasteiger partial charge in [-0.15, -0.1) is 0 Å². The lowest BCUT2D eigenvalue weighted by Gasteiger charge is -2.23. The van der Waals surface area contributed by atoms with Gasteiger partial charge in [-0.1, -0.05) is 0 Å². The quantitative estimate of drug-likeness (QED) is 0.793. The maximum Gasteiger partial charge on any atom is 0.259 e. The van der Waals surface area contributed by atoms with Crippen LogP contribution in [0.5, 0.6) is 5.88 Å². The first-order valence-electron chi connectivity index (χ1n) is 5.19. The van der Waals surface area contributed by atoms with Crippen molar-refractivity contribution in [3.63, 3.8) is 0 Å². The predicted octanol–water partition coefficient (Wildman–Crippen LogP) is 2.09. The van der Waals surface area contributed by atoms with Crippen LogP contribution in [-0.4, -0.2) is 35.0 Å². The summed E-state index contributed by atoms with van der Waals surface area (Å²) in [6, 6.07) is 1.92. The fourth-order valence-electron chi connectivity index (χ4n) is 1.68. The standard InChI is InChI=1S/C11H13BrN2O2/c1-7(2)14-3-4-16-10-9(11(14)15)5-8(12)6-13-10/h5-7H,3-4H2,1-2H3. The molecule has 2 rings (SSSR count). The Balaban J connectivity index is 2.43. The van der Waals surface area contributed by atoms with Gasteiger partial charge in [-0.25, -0.2) is 4.98 Å². The average Bonchev–Trinajstić information content (AvgIpc) is 2.39. The lowest BCUT2D eigenvalue weighted by molar-refractivity contribution is 0.0704. The van der Waals surface area contributed by atoms with Crippen molar-refractivity contribution in [1.82, 2.24) is 9.88 Å². The number of hydrogen-bond donors (Lipinski definition) is 0. The molecule has 0 saturated heterocycles. The zero-order chi connectivity index (χ0) is 11.7. The van der Waals surface area contributed by atoms with E-state index in [4.69, 9.17) is 4.74 Å². The smallest absolute Gasteiger partial charge is 0.259 e. The van der Waals surface area contributed by atoms with Crippen molar-refractivity contribution in [1.29, 1.82) is 0 Å². The molecule has 0 atom stereocenters. The number of nitrogens with zero attached hydrogens (tertiary/aromatic N) is 2. The van der Waals surface area contributed by atoms with E-state index < -0.39 is 0 Å². The predicted molar refractivity (Wildman–Crippen MR) is 63.6 cm³/mol. The third-order valence-corrected chi connectivity index (χ3v) is 2.94. The van der Waals surface area contributed by atoms with Gasteiger partial charge in [0, 0.05) is 16.7 Å². The molecule has 2 heterocycles. The molecule has 1 aliphatic rings. The Kier molecular flexibility index (Phi) is 3.14. The molecule has 1 aliphatic heterocycles. The molecule has 4 nitrogen and oxygen atoms in total. The normalized spacial score (nSPS) is 15.8. The summed E-state index contributed by atoms with van der Waals surface area (Å²) in [7, 11) is 0. The second-order valence-corrected chi connectivity index (χ2v) is 4.86. The third kappa shape index (κ3) is 2.04. The van der Waals surface area contributed by atoms with Gasteiger partial charge in [0.25, 0.3) is 5.91 Å². The van der Waals surface area contributed by atoms with Crippen LogP contribution in [0.1, 0.15) is 24.2 Å². The molecule has 0 radical (unpaired) electrons. The van der Waals surface area contributed by atoms with E-state index in [9.17, 15) is 4.79 Å². The molecule has 0 unspecified atom stereocenters.